The van der Waals surface area contributed by atoms with Crippen molar-refractivity contribution in [1.82, 2.24) is 0 Å². The highest BCUT2D eigenvalue weighted by molar-refractivity contribution is 5.69. The summed E-state index contributed by atoms with van der Waals surface area (Å²) in [4.78, 5) is 11.1. The van der Waals surface area contributed by atoms with Crippen LogP contribution in [-0.4, -0.2) is 19.2 Å². The number of hydrogen-bond acceptors (Lipinski definition) is 4. The molecule has 17 heavy (non-hydrogen) atoms. The monoisotopic (exact) mass is 233 g/mol. The molecule has 0 aliphatic rings. The van der Waals surface area contributed by atoms with E-state index in [1.807, 2.05) is 36.4 Å². The van der Waals surface area contributed by atoms with E-state index in [-0.39, 0.29) is 18.8 Å². The lowest BCUT2D eigenvalue weighted by atomic mass is 10.2. The molecule has 1 rings (SSSR count). The van der Waals surface area contributed by atoms with Crippen LogP contribution in [0, 0.1) is 11.3 Å². The van der Waals surface area contributed by atoms with Crippen molar-refractivity contribution in [3.63, 3.8) is 0 Å². The van der Waals surface area contributed by atoms with Crippen LogP contribution in [0.5, 0.6) is 0 Å². The third kappa shape index (κ3) is 5.14. The van der Waals surface area contributed by atoms with Crippen LogP contribution in [0.3, 0.4) is 0 Å². The molecular formula is C13H15NO3. The van der Waals surface area contributed by atoms with E-state index in [4.69, 9.17) is 10.00 Å². The third-order valence-electron chi connectivity index (χ3n) is 2.27. The van der Waals surface area contributed by atoms with Crippen LogP contribution in [0.15, 0.2) is 30.3 Å². The van der Waals surface area contributed by atoms with E-state index < -0.39 is 6.10 Å². The average molecular weight is 233 g/mol. The third-order valence-corrected chi connectivity index (χ3v) is 2.27. The highest BCUT2D eigenvalue weighted by Gasteiger charge is 2.14. The first-order chi connectivity index (χ1) is 8.26. The summed E-state index contributed by atoms with van der Waals surface area (Å²) in [7, 11) is 1.32. The second-order valence-electron chi connectivity index (χ2n) is 3.56. The molecule has 0 aliphatic heterocycles. The highest BCUT2D eigenvalue weighted by atomic mass is 16.5. The highest BCUT2D eigenvalue weighted by Crippen LogP contribution is 2.09. The van der Waals surface area contributed by atoms with Crippen LogP contribution in [0.1, 0.15) is 18.4 Å². The Morgan fingerprint density at radius 2 is 2.12 bits per heavy atom. The lowest BCUT2D eigenvalue weighted by Gasteiger charge is -2.13. The molecule has 0 fully saturated rings. The van der Waals surface area contributed by atoms with E-state index in [0.29, 0.717) is 6.61 Å². The van der Waals surface area contributed by atoms with Gasteiger partial charge in [0.15, 0.2) is 0 Å². The minimum absolute atomic E-state index is 0.108. The first-order valence-electron chi connectivity index (χ1n) is 5.35. The van der Waals surface area contributed by atoms with Crippen LogP contribution in [0.25, 0.3) is 0 Å². The van der Waals surface area contributed by atoms with Gasteiger partial charge in [-0.2, -0.15) is 5.26 Å². The van der Waals surface area contributed by atoms with Crippen molar-refractivity contribution in [2.45, 2.75) is 25.6 Å². The maximum absolute atomic E-state index is 11.1. The zero-order valence-corrected chi connectivity index (χ0v) is 9.76. The molecule has 1 atom stereocenters. The Labute approximate surface area is 101 Å². The van der Waals surface area contributed by atoms with Gasteiger partial charge >= 0.3 is 5.97 Å². The fourth-order valence-electron chi connectivity index (χ4n) is 1.35. The summed E-state index contributed by atoms with van der Waals surface area (Å²) >= 11 is 0. The normalized spacial score (nSPS) is 11.5. The summed E-state index contributed by atoms with van der Waals surface area (Å²) in [6.45, 7) is 0.393. The SMILES string of the molecule is COC(=O)C[C@@H](CC#N)OCc1ccccc1. The van der Waals surface area contributed by atoms with Gasteiger partial charge in [0, 0.05) is 0 Å². The average Bonchev–Trinajstić information content (AvgIpc) is 2.37. The molecule has 0 aromatic heterocycles. The topological polar surface area (TPSA) is 59.3 Å². The maximum Gasteiger partial charge on any atom is 0.308 e. The lowest BCUT2D eigenvalue weighted by molar-refractivity contribution is -0.144. The van der Waals surface area contributed by atoms with Crippen molar-refractivity contribution in [2.24, 2.45) is 0 Å². The van der Waals surface area contributed by atoms with Gasteiger partial charge in [-0.15, -0.1) is 0 Å². The van der Waals surface area contributed by atoms with Crippen LogP contribution >= 0.6 is 0 Å². The molecule has 1 aromatic rings. The maximum atomic E-state index is 11.1. The number of nitrogens with zero attached hydrogens (tertiary/aromatic N) is 1. The van der Waals surface area contributed by atoms with Crippen LogP contribution < -0.4 is 0 Å². The van der Waals surface area contributed by atoms with Crippen molar-refractivity contribution in [3.8, 4) is 6.07 Å². The predicted octanol–water partition coefficient (Wildman–Crippen LogP) is 2.05. The molecule has 0 unspecified atom stereocenters. The Bertz CT molecular complexity index is 383. The number of ether oxygens (including phenoxy) is 2. The molecule has 90 valence electrons. The largest absolute Gasteiger partial charge is 0.469 e. The molecule has 0 aliphatic carbocycles. The van der Waals surface area contributed by atoms with Crippen molar-refractivity contribution < 1.29 is 14.3 Å². The van der Waals surface area contributed by atoms with Crippen molar-refractivity contribution in [2.75, 3.05) is 7.11 Å². The minimum atomic E-state index is -0.410. The molecule has 0 bridgehead atoms. The summed E-state index contributed by atoms with van der Waals surface area (Å²) in [5, 5.41) is 8.64. The fourth-order valence-corrected chi connectivity index (χ4v) is 1.35. The van der Waals surface area contributed by atoms with Crippen LogP contribution in [-0.2, 0) is 20.9 Å². The number of nitriles is 1. The first kappa shape index (κ1) is 13.2. The van der Waals surface area contributed by atoms with E-state index >= 15 is 0 Å². The predicted molar refractivity (Wildman–Crippen MR) is 61.9 cm³/mol. The number of benzene rings is 1. The number of rotatable bonds is 6. The van der Waals surface area contributed by atoms with E-state index in [9.17, 15) is 4.79 Å². The van der Waals surface area contributed by atoms with Gasteiger partial charge in [-0.3, -0.25) is 4.79 Å². The van der Waals surface area contributed by atoms with E-state index in [0.717, 1.165) is 5.56 Å². The molecule has 1 aromatic carbocycles. The number of carbonyl (C=O) groups is 1. The summed E-state index contributed by atoms with van der Waals surface area (Å²) in [6, 6.07) is 11.6. The summed E-state index contributed by atoms with van der Waals surface area (Å²) < 4.78 is 10.1. The van der Waals surface area contributed by atoms with Gasteiger partial charge < -0.3 is 9.47 Å². The van der Waals surface area contributed by atoms with Gasteiger partial charge in [0.25, 0.3) is 0 Å². The van der Waals surface area contributed by atoms with Crippen molar-refractivity contribution in [3.05, 3.63) is 35.9 Å². The second-order valence-corrected chi connectivity index (χ2v) is 3.56. The Hall–Kier alpha value is -1.86. The Morgan fingerprint density at radius 3 is 2.71 bits per heavy atom. The molecular weight excluding hydrogens is 218 g/mol. The van der Waals surface area contributed by atoms with Gasteiger partial charge in [0.1, 0.15) is 0 Å². The quantitative estimate of drug-likeness (QED) is 0.705. The standard InChI is InChI=1S/C13H15NO3/c1-16-13(15)9-12(7-8-14)17-10-11-5-3-2-4-6-11/h2-6,12H,7,9-10H2,1H3/t12-/m1/s1. The molecule has 0 spiro atoms. The zero-order chi connectivity index (χ0) is 12.5. The Balaban J connectivity index is 2.45. The molecule has 4 heteroatoms. The summed E-state index contributed by atoms with van der Waals surface area (Å²) in [5.74, 6) is -0.363. The molecule has 0 saturated carbocycles. The molecule has 0 radical (unpaired) electrons. The van der Waals surface area contributed by atoms with Gasteiger partial charge in [-0.1, -0.05) is 30.3 Å². The number of methoxy groups -OCH3 is 1. The number of carbonyl (C=O) groups excluding carboxylic acids is 1. The van der Waals surface area contributed by atoms with E-state index in [1.54, 1.807) is 0 Å². The van der Waals surface area contributed by atoms with Crippen LogP contribution in [0.4, 0.5) is 0 Å². The molecule has 0 heterocycles. The molecule has 0 N–H and O–H groups in total. The molecule has 0 amide bonds. The molecule has 0 saturated heterocycles. The minimum Gasteiger partial charge on any atom is -0.469 e. The number of hydrogen-bond donors (Lipinski definition) is 0. The fraction of sp³-hybridized carbons (Fsp3) is 0.385. The second kappa shape index (κ2) is 7.42. The zero-order valence-electron chi connectivity index (χ0n) is 9.76. The molecule has 4 nitrogen and oxygen atoms in total. The number of esters is 1. The Kier molecular flexibility index (Phi) is 5.76. The first-order valence-corrected chi connectivity index (χ1v) is 5.35. The lowest BCUT2D eigenvalue weighted by Crippen LogP contribution is -2.18. The van der Waals surface area contributed by atoms with Gasteiger partial charge in [0.05, 0.1) is 38.7 Å². The van der Waals surface area contributed by atoms with Crippen molar-refractivity contribution >= 4 is 5.97 Å². The van der Waals surface area contributed by atoms with Gasteiger partial charge in [-0.05, 0) is 5.56 Å². The van der Waals surface area contributed by atoms with E-state index in [2.05, 4.69) is 4.74 Å². The van der Waals surface area contributed by atoms with Gasteiger partial charge in [-0.25, -0.2) is 0 Å². The summed E-state index contributed by atoms with van der Waals surface area (Å²) in [5.41, 5.74) is 1.01. The van der Waals surface area contributed by atoms with Gasteiger partial charge in [0.2, 0.25) is 0 Å². The van der Waals surface area contributed by atoms with Crippen molar-refractivity contribution in [1.29, 1.82) is 5.26 Å². The summed E-state index contributed by atoms with van der Waals surface area (Å²) in [6.07, 6.45) is -0.119. The Morgan fingerprint density at radius 1 is 1.41 bits per heavy atom. The smallest absolute Gasteiger partial charge is 0.308 e. The van der Waals surface area contributed by atoms with Crippen LogP contribution in [0.2, 0.25) is 0 Å². The van der Waals surface area contributed by atoms with E-state index in [1.165, 1.54) is 7.11 Å².